The monoisotopic (exact) mass is 400 g/mol. The van der Waals surface area contributed by atoms with Crippen molar-refractivity contribution in [2.24, 2.45) is 0 Å². The fraction of sp³-hybridized carbons (Fsp3) is 0.208. The molecule has 1 N–H and O–H groups in total. The molecule has 1 amide bonds. The van der Waals surface area contributed by atoms with Gasteiger partial charge in [0.05, 0.1) is 23.6 Å². The maximum Gasteiger partial charge on any atom is 0.270 e. The Kier molecular flexibility index (Phi) is 5.75. The summed E-state index contributed by atoms with van der Waals surface area (Å²) in [6.45, 7) is 5.09. The Balaban J connectivity index is 1.54. The molecular weight excluding hydrogens is 376 g/mol. The smallest absolute Gasteiger partial charge is 0.270 e. The topological polar surface area (TPSA) is 69.0 Å². The second-order valence-corrected chi connectivity index (χ2v) is 7.19. The number of ether oxygens (including phenoxy) is 1. The number of hydrogen-bond acceptors (Lipinski definition) is 4. The van der Waals surface area contributed by atoms with E-state index in [0.717, 1.165) is 28.2 Å². The van der Waals surface area contributed by atoms with Crippen LogP contribution in [0.5, 0.6) is 5.75 Å². The van der Waals surface area contributed by atoms with E-state index in [2.05, 4.69) is 14.9 Å². The van der Waals surface area contributed by atoms with E-state index in [-0.39, 0.29) is 11.9 Å². The van der Waals surface area contributed by atoms with Gasteiger partial charge in [-0.1, -0.05) is 30.3 Å². The molecule has 0 radical (unpaired) electrons. The Morgan fingerprint density at radius 2 is 1.93 bits per heavy atom. The molecule has 4 aromatic rings. The number of aryl methyl sites for hydroxylation is 1. The lowest BCUT2D eigenvalue weighted by Gasteiger charge is -2.16. The number of nitrogens with one attached hydrogen (secondary N) is 1. The molecule has 1 unspecified atom stereocenters. The number of rotatable bonds is 7. The van der Waals surface area contributed by atoms with Crippen molar-refractivity contribution in [1.82, 2.24) is 19.9 Å². The summed E-state index contributed by atoms with van der Waals surface area (Å²) in [4.78, 5) is 21.4. The summed E-state index contributed by atoms with van der Waals surface area (Å²) in [5.41, 5.74) is 3.45. The first-order valence-corrected chi connectivity index (χ1v) is 9.98. The van der Waals surface area contributed by atoms with Crippen LogP contribution in [0.25, 0.3) is 11.0 Å². The highest BCUT2D eigenvalue weighted by Crippen LogP contribution is 2.21. The van der Waals surface area contributed by atoms with Gasteiger partial charge in [0.15, 0.2) is 0 Å². The van der Waals surface area contributed by atoms with Gasteiger partial charge in [-0.15, -0.1) is 0 Å². The van der Waals surface area contributed by atoms with E-state index in [0.29, 0.717) is 18.8 Å². The van der Waals surface area contributed by atoms with Crippen molar-refractivity contribution in [1.29, 1.82) is 0 Å². The second-order valence-electron chi connectivity index (χ2n) is 7.19. The molecule has 30 heavy (non-hydrogen) atoms. The normalized spacial score (nSPS) is 11.9. The summed E-state index contributed by atoms with van der Waals surface area (Å²) in [5.74, 6) is 1.41. The van der Waals surface area contributed by atoms with Crippen molar-refractivity contribution >= 4 is 16.9 Å². The minimum absolute atomic E-state index is 0.224. The van der Waals surface area contributed by atoms with Crippen molar-refractivity contribution in [2.45, 2.75) is 26.4 Å². The molecule has 0 aliphatic carbocycles. The third-order valence-corrected chi connectivity index (χ3v) is 4.89. The first kappa shape index (κ1) is 19.6. The lowest BCUT2D eigenvalue weighted by Crippen LogP contribution is -2.29. The van der Waals surface area contributed by atoms with E-state index in [1.54, 1.807) is 24.4 Å². The van der Waals surface area contributed by atoms with Crippen LogP contribution in [0.2, 0.25) is 0 Å². The quantitative estimate of drug-likeness (QED) is 0.502. The van der Waals surface area contributed by atoms with Crippen molar-refractivity contribution in [3.05, 3.63) is 90.0 Å². The molecule has 2 aromatic heterocycles. The number of benzene rings is 2. The molecule has 2 heterocycles. The van der Waals surface area contributed by atoms with Crippen molar-refractivity contribution < 1.29 is 9.53 Å². The largest absolute Gasteiger partial charge is 0.492 e. The number of imidazole rings is 1. The highest BCUT2D eigenvalue weighted by molar-refractivity contribution is 5.92. The number of para-hydroxylation sites is 2. The van der Waals surface area contributed by atoms with E-state index in [9.17, 15) is 4.79 Å². The van der Waals surface area contributed by atoms with E-state index < -0.39 is 0 Å². The molecular formula is C24H24N4O2. The van der Waals surface area contributed by atoms with Crippen molar-refractivity contribution in [2.75, 3.05) is 6.61 Å². The molecule has 6 heteroatoms. The molecule has 0 saturated carbocycles. The van der Waals surface area contributed by atoms with Crippen LogP contribution in [0.15, 0.2) is 72.9 Å². The number of nitrogens with zero attached hydrogens (tertiary/aromatic N) is 3. The van der Waals surface area contributed by atoms with Gasteiger partial charge < -0.3 is 14.6 Å². The molecule has 152 valence electrons. The zero-order valence-electron chi connectivity index (χ0n) is 17.1. The van der Waals surface area contributed by atoms with Gasteiger partial charge in [0.2, 0.25) is 0 Å². The molecule has 0 bridgehead atoms. The van der Waals surface area contributed by atoms with Crippen LogP contribution in [0.3, 0.4) is 0 Å². The standard InChI is InChI=1S/C24H24N4O2/c1-17-8-7-9-19(16-17)30-15-14-28-22-12-4-3-10-20(22)27-23(28)18(2)26-24(29)21-11-5-6-13-25-21/h3-13,16,18H,14-15H2,1-2H3,(H,26,29). The zero-order valence-corrected chi connectivity index (χ0v) is 17.1. The van der Waals surface area contributed by atoms with Gasteiger partial charge in [0.1, 0.15) is 23.9 Å². The van der Waals surface area contributed by atoms with Crippen molar-refractivity contribution in [3.8, 4) is 5.75 Å². The van der Waals surface area contributed by atoms with E-state index in [1.165, 1.54) is 0 Å². The highest BCUT2D eigenvalue weighted by atomic mass is 16.5. The fourth-order valence-corrected chi connectivity index (χ4v) is 3.45. The third kappa shape index (κ3) is 4.33. The Bertz CT molecular complexity index is 1150. The molecule has 0 aliphatic rings. The van der Waals surface area contributed by atoms with Gasteiger partial charge >= 0.3 is 0 Å². The molecule has 2 aromatic carbocycles. The predicted molar refractivity (Wildman–Crippen MR) is 117 cm³/mol. The van der Waals surface area contributed by atoms with Crippen LogP contribution in [0.4, 0.5) is 0 Å². The Labute approximate surface area is 175 Å². The number of carbonyl (C=O) groups excluding carboxylic acids is 1. The van der Waals surface area contributed by atoms with Crippen LogP contribution in [-0.2, 0) is 6.54 Å². The lowest BCUT2D eigenvalue weighted by molar-refractivity contribution is 0.0932. The molecule has 4 rings (SSSR count). The summed E-state index contributed by atoms with van der Waals surface area (Å²) in [6, 6.07) is 20.9. The highest BCUT2D eigenvalue weighted by Gasteiger charge is 2.19. The summed E-state index contributed by atoms with van der Waals surface area (Å²) >= 11 is 0. The maximum absolute atomic E-state index is 12.6. The summed E-state index contributed by atoms with van der Waals surface area (Å²) < 4.78 is 8.05. The Hall–Kier alpha value is -3.67. The Morgan fingerprint density at radius 3 is 2.73 bits per heavy atom. The predicted octanol–water partition coefficient (Wildman–Crippen LogP) is 4.31. The average Bonchev–Trinajstić information content (AvgIpc) is 3.13. The van der Waals surface area contributed by atoms with Gasteiger partial charge in [-0.05, 0) is 55.8 Å². The maximum atomic E-state index is 12.6. The minimum atomic E-state index is -0.286. The number of aromatic nitrogens is 3. The van der Waals surface area contributed by atoms with Crippen LogP contribution < -0.4 is 10.1 Å². The van der Waals surface area contributed by atoms with Crippen LogP contribution >= 0.6 is 0 Å². The average molecular weight is 400 g/mol. The molecule has 0 spiro atoms. The lowest BCUT2D eigenvalue weighted by atomic mass is 10.2. The second kappa shape index (κ2) is 8.78. The summed E-state index contributed by atoms with van der Waals surface area (Å²) in [6.07, 6.45) is 1.61. The summed E-state index contributed by atoms with van der Waals surface area (Å²) in [7, 11) is 0. The van der Waals surface area contributed by atoms with Crippen molar-refractivity contribution in [3.63, 3.8) is 0 Å². The third-order valence-electron chi connectivity index (χ3n) is 4.89. The minimum Gasteiger partial charge on any atom is -0.492 e. The van der Waals surface area contributed by atoms with E-state index in [1.807, 2.05) is 62.4 Å². The first-order valence-electron chi connectivity index (χ1n) is 9.98. The molecule has 1 atom stereocenters. The van der Waals surface area contributed by atoms with Gasteiger partial charge in [0, 0.05) is 6.20 Å². The number of pyridine rings is 1. The van der Waals surface area contributed by atoms with Crippen LogP contribution in [0, 0.1) is 6.92 Å². The molecule has 0 saturated heterocycles. The number of hydrogen-bond donors (Lipinski definition) is 1. The SMILES string of the molecule is Cc1cccc(OCCn2c(C(C)NC(=O)c3ccccn3)nc3ccccc32)c1. The fourth-order valence-electron chi connectivity index (χ4n) is 3.45. The van der Waals surface area contributed by atoms with Gasteiger partial charge in [0.25, 0.3) is 5.91 Å². The van der Waals surface area contributed by atoms with Crippen LogP contribution in [-0.4, -0.2) is 27.0 Å². The molecule has 6 nitrogen and oxygen atoms in total. The summed E-state index contributed by atoms with van der Waals surface area (Å²) in [5, 5.41) is 3.00. The molecule has 0 fully saturated rings. The number of carbonyl (C=O) groups is 1. The Morgan fingerprint density at radius 1 is 1.10 bits per heavy atom. The van der Waals surface area contributed by atoms with E-state index in [4.69, 9.17) is 9.72 Å². The number of fused-ring (bicyclic) bond motifs is 1. The van der Waals surface area contributed by atoms with Gasteiger partial charge in [-0.25, -0.2) is 4.98 Å². The van der Waals surface area contributed by atoms with E-state index >= 15 is 0 Å². The van der Waals surface area contributed by atoms with Gasteiger partial charge in [-0.3, -0.25) is 9.78 Å². The van der Waals surface area contributed by atoms with Gasteiger partial charge in [-0.2, -0.15) is 0 Å². The first-order chi connectivity index (χ1) is 14.6. The molecule has 0 aliphatic heterocycles. The zero-order chi connectivity index (χ0) is 20.9. The number of amides is 1. The van der Waals surface area contributed by atoms with Crippen LogP contribution in [0.1, 0.15) is 34.8 Å².